The van der Waals surface area contributed by atoms with Crippen molar-refractivity contribution in [3.8, 4) is 0 Å². The highest BCUT2D eigenvalue weighted by molar-refractivity contribution is 14.1. The average molecular weight is 307 g/mol. The molecule has 3 nitrogen and oxygen atoms in total. The van der Waals surface area contributed by atoms with Crippen molar-refractivity contribution in [1.29, 1.82) is 0 Å². The number of hydrogen-bond donors (Lipinski definition) is 1. The Hall–Kier alpha value is -0.260. The molecule has 14 heavy (non-hydrogen) atoms. The quantitative estimate of drug-likeness (QED) is 0.849. The molecule has 1 heterocycles. The van der Waals surface area contributed by atoms with Crippen LogP contribution in [0.1, 0.15) is 45.6 Å². The molecule has 1 aromatic heterocycles. The lowest BCUT2D eigenvalue weighted by Crippen LogP contribution is -2.13. The summed E-state index contributed by atoms with van der Waals surface area (Å²) >= 11 is 2.23. The summed E-state index contributed by atoms with van der Waals surface area (Å²) in [5.74, 6) is 0.817. The molecule has 80 valence electrons. The summed E-state index contributed by atoms with van der Waals surface area (Å²) < 4.78 is 3.04. The van der Waals surface area contributed by atoms with Gasteiger partial charge in [0.1, 0.15) is 5.82 Å². The Labute approximate surface area is 99.2 Å². The number of nitrogens with two attached hydrogens (primary N) is 1. The molecule has 0 aliphatic carbocycles. The third-order valence-corrected chi connectivity index (χ3v) is 3.21. The van der Waals surface area contributed by atoms with Gasteiger partial charge in [-0.25, -0.2) is 4.68 Å². The van der Waals surface area contributed by atoms with E-state index in [4.69, 9.17) is 5.73 Å². The van der Waals surface area contributed by atoms with Crippen molar-refractivity contribution >= 4 is 28.4 Å². The van der Waals surface area contributed by atoms with E-state index in [-0.39, 0.29) is 0 Å². The number of aromatic nitrogens is 2. The summed E-state index contributed by atoms with van der Waals surface area (Å²) in [6.45, 7) is 4.40. The fraction of sp³-hybridized carbons (Fsp3) is 0.700. The molecular formula is C10H18IN3. The van der Waals surface area contributed by atoms with E-state index >= 15 is 0 Å². The van der Waals surface area contributed by atoms with Gasteiger partial charge in [-0.2, -0.15) is 5.10 Å². The van der Waals surface area contributed by atoms with Gasteiger partial charge >= 0.3 is 0 Å². The predicted octanol–water partition coefficient (Wildman–Crippen LogP) is 3.21. The van der Waals surface area contributed by atoms with E-state index in [1.54, 1.807) is 0 Å². The van der Waals surface area contributed by atoms with Crippen LogP contribution in [0.25, 0.3) is 0 Å². The van der Waals surface area contributed by atoms with Crippen molar-refractivity contribution in [3.63, 3.8) is 0 Å². The van der Waals surface area contributed by atoms with E-state index in [0.717, 1.165) is 22.2 Å². The minimum Gasteiger partial charge on any atom is -0.383 e. The van der Waals surface area contributed by atoms with Crippen LogP contribution in [0.15, 0.2) is 6.20 Å². The summed E-state index contributed by atoms with van der Waals surface area (Å²) in [6, 6.07) is 0.480. The molecule has 0 aliphatic rings. The molecule has 0 unspecified atom stereocenters. The summed E-state index contributed by atoms with van der Waals surface area (Å²) in [4.78, 5) is 0. The van der Waals surface area contributed by atoms with Crippen LogP contribution in [0.5, 0.6) is 0 Å². The maximum Gasteiger partial charge on any atom is 0.135 e. The number of nitrogen functional groups attached to an aromatic ring is 1. The molecule has 1 aromatic rings. The number of hydrogen-bond acceptors (Lipinski definition) is 2. The molecule has 0 fully saturated rings. The van der Waals surface area contributed by atoms with Gasteiger partial charge in [0, 0.05) is 0 Å². The Kier molecular flexibility index (Phi) is 4.71. The molecule has 0 radical (unpaired) electrons. The molecule has 4 heteroatoms. The lowest BCUT2D eigenvalue weighted by Gasteiger charge is -2.17. The zero-order valence-electron chi connectivity index (χ0n) is 8.83. The van der Waals surface area contributed by atoms with E-state index in [2.05, 4.69) is 41.5 Å². The Balaban J connectivity index is 2.81. The molecule has 0 atom stereocenters. The second-order valence-electron chi connectivity index (χ2n) is 3.55. The zero-order chi connectivity index (χ0) is 10.6. The van der Waals surface area contributed by atoms with Crippen molar-refractivity contribution < 1.29 is 0 Å². The fourth-order valence-corrected chi connectivity index (χ4v) is 2.07. The van der Waals surface area contributed by atoms with Crippen LogP contribution in [0, 0.1) is 3.57 Å². The third-order valence-electron chi connectivity index (χ3n) is 2.38. The molecule has 0 amide bonds. The highest BCUT2D eigenvalue weighted by Gasteiger charge is 2.14. The maximum atomic E-state index is 5.96. The predicted molar refractivity (Wildman–Crippen MR) is 68.2 cm³/mol. The second kappa shape index (κ2) is 5.58. The maximum absolute atomic E-state index is 5.96. The van der Waals surface area contributed by atoms with Gasteiger partial charge in [0.25, 0.3) is 0 Å². The first-order chi connectivity index (χ1) is 6.70. The van der Waals surface area contributed by atoms with Crippen molar-refractivity contribution in [2.75, 3.05) is 5.73 Å². The molecular weight excluding hydrogens is 289 g/mol. The molecule has 0 saturated carbocycles. The summed E-state index contributed by atoms with van der Waals surface area (Å²) in [5, 5.41) is 4.34. The Bertz CT molecular complexity index is 277. The first-order valence-electron chi connectivity index (χ1n) is 5.19. The topological polar surface area (TPSA) is 43.8 Å². The normalized spacial score (nSPS) is 11.1. The molecule has 0 spiro atoms. The van der Waals surface area contributed by atoms with Gasteiger partial charge < -0.3 is 5.73 Å². The average Bonchev–Trinajstić information content (AvgIpc) is 2.48. The molecule has 2 N–H and O–H groups in total. The smallest absolute Gasteiger partial charge is 0.135 e. The van der Waals surface area contributed by atoms with E-state index < -0.39 is 0 Å². The number of anilines is 1. The minimum absolute atomic E-state index is 0.480. The van der Waals surface area contributed by atoms with Crippen LogP contribution in [-0.2, 0) is 0 Å². The van der Waals surface area contributed by atoms with Crippen molar-refractivity contribution in [2.45, 2.75) is 45.6 Å². The van der Waals surface area contributed by atoms with Gasteiger partial charge in [-0.1, -0.05) is 26.7 Å². The molecule has 0 aliphatic heterocycles. The monoisotopic (exact) mass is 307 g/mol. The zero-order valence-corrected chi connectivity index (χ0v) is 11.0. The minimum atomic E-state index is 0.480. The van der Waals surface area contributed by atoms with Gasteiger partial charge in [-0.3, -0.25) is 0 Å². The van der Waals surface area contributed by atoms with Crippen molar-refractivity contribution in [1.82, 2.24) is 9.78 Å². The van der Waals surface area contributed by atoms with Gasteiger partial charge in [-0.15, -0.1) is 0 Å². The van der Waals surface area contributed by atoms with Crippen LogP contribution in [0.3, 0.4) is 0 Å². The Morgan fingerprint density at radius 1 is 1.43 bits per heavy atom. The number of nitrogens with zero attached hydrogens (tertiary/aromatic N) is 2. The van der Waals surface area contributed by atoms with E-state index in [1.165, 1.54) is 12.8 Å². The van der Waals surface area contributed by atoms with Gasteiger partial charge in [0.15, 0.2) is 0 Å². The van der Waals surface area contributed by atoms with E-state index in [9.17, 15) is 0 Å². The van der Waals surface area contributed by atoms with Crippen LogP contribution in [-0.4, -0.2) is 9.78 Å². The first-order valence-corrected chi connectivity index (χ1v) is 6.27. The van der Waals surface area contributed by atoms with Crippen molar-refractivity contribution in [3.05, 3.63) is 9.77 Å². The third kappa shape index (κ3) is 2.62. The molecule has 0 saturated heterocycles. The standard InChI is InChI=1S/C10H18IN3/c1-3-5-8(6-4-2)14-10(12)9(11)7-13-14/h7-8H,3-6,12H2,1-2H3. The summed E-state index contributed by atoms with van der Waals surface area (Å²) in [6.07, 6.45) is 6.53. The van der Waals surface area contributed by atoms with Gasteiger partial charge in [0.05, 0.1) is 15.8 Å². The van der Waals surface area contributed by atoms with E-state index in [1.807, 2.05) is 10.9 Å². The van der Waals surface area contributed by atoms with E-state index in [0.29, 0.717) is 6.04 Å². The lowest BCUT2D eigenvalue weighted by molar-refractivity contribution is 0.396. The highest BCUT2D eigenvalue weighted by Crippen LogP contribution is 2.24. The second-order valence-corrected chi connectivity index (χ2v) is 4.72. The SMILES string of the molecule is CCCC(CCC)n1ncc(I)c1N. The Morgan fingerprint density at radius 3 is 2.36 bits per heavy atom. The van der Waals surface area contributed by atoms with Gasteiger partial charge in [-0.05, 0) is 35.4 Å². The lowest BCUT2D eigenvalue weighted by atomic mass is 10.1. The van der Waals surface area contributed by atoms with Gasteiger partial charge in [0.2, 0.25) is 0 Å². The fourth-order valence-electron chi connectivity index (χ4n) is 1.70. The first kappa shape index (κ1) is 11.8. The molecule has 0 bridgehead atoms. The summed E-state index contributed by atoms with van der Waals surface area (Å²) in [5.41, 5.74) is 5.96. The highest BCUT2D eigenvalue weighted by atomic mass is 127. The van der Waals surface area contributed by atoms with Crippen LogP contribution in [0.4, 0.5) is 5.82 Å². The number of rotatable bonds is 5. The Morgan fingerprint density at radius 2 is 2.00 bits per heavy atom. The van der Waals surface area contributed by atoms with Crippen LogP contribution < -0.4 is 5.73 Å². The number of halogens is 1. The van der Waals surface area contributed by atoms with Crippen LogP contribution >= 0.6 is 22.6 Å². The molecule has 0 aromatic carbocycles. The van der Waals surface area contributed by atoms with Crippen molar-refractivity contribution in [2.24, 2.45) is 0 Å². The molecule has 1 rings (SSSR count). The largest absolute Gasteiger partial charge is 0.383 e. The van der Waals surface area contributed by atoms with Crippen LogP contribution in [0.2, 0.25) is 0 Å². The summed E-state index contributed by atoms with van der Waals surface area (Å²) in [7, 11) is 0.